The molecule has 2 saturated heterocycles. The molecule has 1 aromatic heterocycles. The summed E-state index contributed by atoms with van der Waals surface area (Å²) in [7, 11) is -3.04. The highest BCUT2D eigenvalue weighted by Crippen LogP contribution is 2.29. The van der Waals surface area contributed by atoms with Crippen molar-refractivity contribution in [3.8, 4) is 0 Å². The molecule has 2 atom stereocenters. The monoisotopic (exact) mass is 342 g/mol. The number of halogens is 1. The Morgan fingerprint density at radius 3 is 2.57 bits per heavy atom. The van der Waals surface area contributed by atoms with E-state index >= 15 is 0 Å². The van der Waals surface area contributed by atoms with Gasteiger partial charge in [0.1, 0.15) is 0 Å². The Kier molecular flexibility index (Phi) is 5.11. The fraction of sp³-hybridized carbons (Fsp3) is 0.733. The molecule has 0 amide bonds. The van der Waals surface area contributed by atoms with E-state index in [1.54, 1.807) is 18.5 Å². The van der Waals surface area contributed by atoms with Crippen molar-refractivity contribution in [3.05, 3.63) is 18.5 Å². The molecule has 0 radical (unpaired) electrons. The smallest absolute Gasteiger partial charge is 0.225 e. The first-order chi connectivity index (χ1) is 11.1. The second kappa shape index (κ2) is 7.09. The van der Waals surface area contributed by atoms with Gasteiger partial charge in [-0.25, -0.2) is 18.4 Å². The van der Waals surface area contributed by atoms with E-state index < -0.39 is 9.84 Å². The van der Waals surface area contributed by atoms with Gasteiger partial charge in [-0.15, -0.1) is 0 Å². The third-order valence-corrected chi connectivity index (χ3v) is 6.38. The molecule has 8 heteroatoms. The summed E-state index contributed by atoms with van der Waals surface area (Å²) in [6.45, 7) is 2.08. The number of fused-ring (bicyclic) bond motifs is 1. The zero-order chi connectivity index (χ0) is 16.3. The summed E-state index contributed by atoms with van der Waals surface area (Å²) in [4.78, 5) is 12.9. The maximum atomic E-state index is 12.2. The fourth-order valence-corrected chi connectivity index (χ4v) is 5.59. The third-order valence-electron chi connectivity index (χ3n) is 4.68. The number of hydrogen-bond donors (Lipinski definition) is 0. The van der Waals surface area contributed by atoms with Crippen molar-refractivity contribution in [2.45, 2.75) is 31.3 Å². The number of rotatable bonds is 6. The first-order valence-electron chi connectivity index (χ1n) is 8.15. The van der Waals surface area contributed by atoms with Crippen LogP contribution in [0.2, 0.25) is 0 Å². The highest BCUT2D eigenvalue weighted by molar-refractivity contribution is 7.91. The Bertz CT molecular complexity index is 613. The summed E-state index contributed by atoms with van der Waals surface area (Å²) in [6.07, 6.45) is 5.72. The number of aromatic nitrogens is 2. The van der Waals surface area contributed by atoms with E-state index in [0.29, 0.717) is 12.4 Å². The Morgan fingerprint density at radius 1 is 1.09 bits per heavy atom. The average Bonchev–Trinajstić information content (AvgIpc) is 2.87. The van der Waals surface area contributed by atoms with Crippen molar-refractivity contribution >= 4 is 15.8 Å². The number of sulfone groups is 1. The molecule has 3 heterocycles. The highest BCUT2D eigenvalue weighted by Gasteiger charge is 2.47. The summed E-state index contributed by atoms with van der Waals surface area (Å²) in [5, 5.41) is 0. The van der Waals surface area contributed by atoms with E-state index in [0.717, 1.165) is 32.5 Å². The Labute approximate surface area is 136 Å². The van der Waals surface area contributed by atoms with Crippen LogP contribution < -0.4 is 4.90 Å². The Balaban J connectivity index is 1.72. The Morgan fingerprint density at radius 2 is 1.83 bits per heavy atom. The van der Waals surface area contributed by atoms with Crippen molar-refractivity contribution in [3.63, 3.8) is 0 Å². The number of anilines is 1. The largest absolute Gasteiger partial charge is 0.334 e. The molecule has 3 rings (SSSR count). The topological polar surface area (TPSA) is 66.4 Å². The molecule has 23 heavy (non-hydrogen) atoms. The molecule has 2 aliphatic rings. The van der Waals surface area contributed by atoms with Crippen molar-refractivity contribution in [1.82, 2.24) is 14.9 Å². The van der Waals surface area contributed by atoms with Crippen LogP contribution in [0.3, 0.4) is 0 Å². The summed E-state index contributed by atoms with van der Waals surface area (Å²) in [6, 6.07) is 1.66. The van der Waals surface area contributed by atoms with Crippen molar-refractivity contribution in [1.29, 1.82) is 0 Å². The van der Waals surface area contributed by atoms with Crippen LogP contribution in [-0.4, -0.2) is 73.2 Å². The maximum Gasteiger partial charge on any atom is 0.225 e. The minimum atomic E-state index is -3.04. The molecular formula is C15H23FN4O2S. The van der Waals surface area contributed by atoms with Gasteiger partial charge in [0.2, 0.25) is 5.95 Å². The molecule has 2 fully saturated rings. The van der Waals surface area contributed by atoms with Gasteiger partial charge in [0.05, 0.1) is 24.2 Å². The quantitative estimate of drug-likeness (QED) is 0.716. The second-order valence-electron chi connectivity index (χ2n) is 6.24. The first-order valence-corrected chi connectivity index (χ1v) is 9.97. The predicted octanol–water partition coefficient (Wildman–Crippen LogP) is 0.904. The Hall–Kier alpha value is -1.28. The third kappa shape index (κ3) is 3.80. The van der Waals surface area contributed by atoms with Gasteiger partial charge in [-0.2, -0.15) is 0 Å². The number of piperazine rings is 1. The van der Waals surface area contributed by atoms with Crippen LogP contribution >= 0.6 is 0 Å². The van der Waals surface area contributed by atoms with Crippen LogP contribution in [0.5, 0.6) is 0 Å². The number of hydrogen-bond acceptors (Lipinski definition) is 6. The highest BCUT2D eigenvalue weighted by atomic mass is 32.2. The predicted molar refractivity (Wildman–Crippen MR) is 87.0 cm³/mol. The van der Waals surface area contributed by atoms with Crippen molar-refractivity contribution < 1.29 is 12.8 Å². The van der Waals surface area contributed by atoms with Gasteiger partial charge in [-0.3, -0.25) is 9.29 Å². The van der Waals surface area contributed by atoms with E-state index in [1.165, 1.54) is 0 Å². The standard InChI is InChI=1S/C15H23FN4O2S/c16-5-2-1-3-8-19-9-10-20(15-17-6-4-7-18-15)14-12-23(21,22)11-13(14)19/h4,6-7,13-14H,1-3,5,8-12H2/t13-,14+/m1/s1. The second-order valence-corrected chi connectivity index (χ2v) is 8.39. The van der Waals surface area contributed by atoms with E-state index in [1.807, 2.05) is 4.90 Å². The lowest BCUT2D eigenvalue weighted by molar-refractivity contribution is 0.163. The van der Waals surface area contributed by atoms with Crippen LogP contribution in [0, 0.1) is 0 Å². The van der Waals surface area contributed by atoms with Crippen molar-refractivity contribution in [2.24, 2.45) is 0 Å². The van der Waals surface area contributed by atoms with E-state index in [4.69, 9.17) is 0 Å². The normalized spacial score (nSPS) is 27.1. The molecule has 2 aliphatic heterocycles. The summed E-state index contributed by atoms with van der Waals surface area (Å²) >= 11 is 0. The molecule has 0 spiro atoms. The lowest BCUT2D eigenvalue weighted by Gasteiger charge is -2.43. The SMILES string of the molecule is O=S1(=O)C[C@@H]2[C@H](C1)N(c1ncccn1)CCN2CCCCCF. The molecule has 1 aromatic rings. The minimum Gasteiger partial charge on any atom is -0.334 e. The van der Waals surface area contributed by atoms with E-state index in [9.17, 15) is 12.8 Å². The summed E-state index contributed by atoms with van der Waals surface area (Å²) < 4.78 is 36.5. The lowest BCUT2D eigenvalue weighted by atomic mass is 10.0. The summed E-state index contributed by atoms with van der Waals surface area (Å²) in [5.41, 5.74) is 0. The zero-order valence-electron chi connectivity index (χ0n) is 13.1. The molecular weight excluding hydrogens is 319 g/mol. The van der Waals surface area contributed by atoms with Crippen molar-refractivity contribution in [2.75, 3.05) is 42.7 Å². The molecule has 0 aromatic carbocycles. The molecule has 6 nitrogen and oxygen atoms in total. The van der Waals surface area contributed by atoms with Gasteiger partial charge in [0.15, 0.2) is 9.84 Å². The zero-order valence-corrected chi connectivity index (χ0v) is 14.0. The van der Waals surface area contributed by atoms with Gasteiger partial charge >= 0.3 is 0 Å². The van der Waals surface area contributed by atoms with Gasteiger partial charge in [0, 0.05) is 31.5 Å². The van der Waals surface area contributed by atoms with Crippen LogP contribution in [0.4, 0.5) is 10.3 Å². The van der Waals surface area contributed by atoms with E-state index in [2.05, 4.69) is 14.9 Å². The van der Waals surface area contributed by atoms with Gasteiger partial charge in [-0.05, 0) is 31.9 Å². The number of unbranched alkanes of at least 4 members (excludes halogenated alkanes) is 2. The minimum absolute atomic E-state index is 0.0112. The maximum absolute atomic E-state index is 12.2. The summed E-state index contributed by atoms with van der Waals surface area (Å²) in [5.74, 6) is 0.970. The lowest BCUT2D eigenvalue weighted by Crippen LogP contribution is -2.59. The number of nitrogens with zero attached hydrogens (tertiary/aromatic N) is 4. The molecule has 0 bridgehead atoms. The molecule has 0 unspecified atom stereocenters. The number of alkyl halides is 1. The van der Waals surface area contributed by atoms with Gasteiger partial charge < -0.3 is 4.90 Å². The van der Waals surface area contributed by atoms with E-state index in [-0.39, 0.29) is 30.3 Å². The van der Waals surface area contributed by atoms with Crippen LogP contribution in [-0.2, 0) is 9.84 Å². The molecule has 128 valence electrons. The van der Waals surface area contributed by atoms with Gasteiger partial charge in [-0.1, -0.05) is 0 Å². The molecule has 0 saturated carbocycles. The van der Waals surface area contributed by atoms with Crippen LogP contribution in [0.1, 0.15) is 19.3 Å². The molecule has 0 aliphatic carbocycles. The molecule has 0 N–H and O–H groups in total. The van der Waals surface area contributed by atoms with Gasteiger partial charge in [0.25, 0.3) is 0 Å². The van der Waals surface area contributed by atoms with Crippen LogP contribution in [0.25, 0.3) is 0 Å². The average molecular weight is 342 g/mol. The fourth-order valence-electron chi connectivity index (χ4n) is 3.58. The first kappa shape index (κ1) is 16.6. The van der Waals surface area contributed by atoms with Crippen LogP contribution in [0.15, 0.2) is 18.5 Å².